The van der Waals surface area contributed by atoms with Gasteiger partial charge in [-0.05, 0) is 19.4 Å². The maximum absolute atomic E-state index is 5.90. The molecule has 3 heterocycles. The van der Waals surface area contributed by atoms with Crippen LogP contribution < -0.4 is 4.90 Å². The lowest BCUT2D eigenvalue weighted by molar-refractivity contribution is -0.00214. The largest absolute Gasteiger partial charge is 0.371 e. The lowest BCUT2D eigenvalue weighted by Gasteiger charge is -2.37. The fourth-order valence-corrected chi connectivity index (χ4v) is 3.91. The third-order valence-electron chi connectivity index (χ3n) is 3.51. The molecule has 6 heteroatoms. The van der Waals surface area contributed by atoms with E-state index in [1.54, 1.807) is 17.7 Å². The molecular formula is C14H18BrN3OS. The van der Waals surface area contributed by atoms with Crippen molar-refractivity contribution in [2.45, 2.75) is 32.5 Å². The van der Waals surface area contributed by atoms with Crippen LogP contribution in [0.25, 0.3) is 10.2 Å². The Morgan fingerprint density at radius 1 is 1.45 bits per heavy atom. The highest BCUT2D eigenvalue weighted by molar-refractivity contribution is 9.09. The van der Waals surface area contributed by atoms with Crippen LogP contribution in [-0.4, -0.2) is 40.6 Å². The number of anilines is 1. The van der Waals surface area contributed by atoms with Gasteiger partial charge in [0, 0.05) is 23.3 Å². The van der Waals surface area contributed by atoms with E-state index in [0.29, 0.717) is 0 Å². The number of morpholine rings is 1. The standard InChI is InChI=1S/C14H18BrN3OS/c1-3-11-4-12-13(16-8-17-14(12)20-11)18-6-9(2)19-10(5-15)7-18/h4,8-10H,3,5-7H2,1-2H3. The van der Waals surface area contributed by atoms with Crippen molar-refractivity contribution in [3.63, 3.8) is 0 Å². The van der Waals surface area contributed by atoms with Crippen molar-refractivity contribution in [3.05, 3.63) is 17.3 Å². The molecule has 0 spiro atoms. The van der Waals surface area contributed by atoms with E-state index in [2.05, 4.69) is 50.7 Å². The number of alkyl halides is 1. The monoisotopic (exact) mass is 355 g/mol. The van der Waals surface area contributed by atoms with Crippen molar-refractivity contribution < 1.29 is 4.74 Å². The molecule has 2 unspecified atom stereocenters. The van der Waals surface area contributed by atoms with Gasteiger partial charge in [0.05, 0.1) is 17.6 Å². The number of aryl methyl sites for hydroxylation is 1. The smallest absolute Gasteiger partial charge is 0.140 e. The molecule has 1 saturated heterocycles. The van der Waals surface area contributed by atoms with Crippen LogP contribution in [0.3, 0.4) is 0 Å². The number of nitrogens with zero attached hydrogens (tertiary/aromatic N) is 3. The highest BCUT2D eigenvalue weighted by atomic mass is 79.9. The van der Waals surface area contributed by atoms with E-state index >= 15 is 0 Å². The molecule has 0 bridgehead atoms. The SMILES string of the molecule is CCc1cc2c(N3CC(C)OC(CBr)C3)ncnc2s1. The average Bonchev–Trinajstić information content (AvgIpc) is 2.89. The number of hydrogen-bond acceptors (Lipinski definition) is 5. The average molecular weight is 356 g/mol. The number of thiophene rings is 1. The molecule has 2 aromatic heterocycles. The Bertz CT molecular complexity index is 603. The van der Waals surface area contributed by atoms with E-state index in [4.69, 9.17) is 4.74 Å². The summed E-state index contributed by atoms with van der Waals surface area (Å²) in [5.41, 5.74) is 0. The Morgan fingerprint density at radius 3 is 3.05 bits per heavy atom. The first-order valence-corrected chi connectivity index (χ1v) is 8.84. The van der Waals surface area contributed by atoms with Gasteiger partial charge in [0.15, 0.2) is 0 Å². The van der Waals surface area contributed by atoms with Crippen LogP contribution in [0.2, 0.25) is 0 Å². The van der Waals surface area contributed by atoms with Gasteiger partial charge >= 0.3 is 0 Å². The molecule has 0 aliphatic carbocycles. The summed E-state index contributed by atoms with van der Waals surface area (Å²) in [4.78, 5) is 13.7. The number of ether oxygens (including phenoxy) is 1. The molecule has 1 fully saturated rings. The van der Waals surface area contributed by atoms with E-state index in [1.807, 2.05) is 0 Å². The molecule has 0 radical (unpaired) electrons. The summed E-state index contributed by atoms with van der Waals surface area (Å²) in [5.74, 6) is 1.05. The zero-order chi connectivity index (χ0) is 14.1. The zero-order valence-electron chi connectivity index (χ0n) is 11.7. The molecule has 0 N–H and O–H groups in total. The first-order chi connectivity index (χ1) is 9.71. The van der Waals surface area contributed by atoms with Gasteiger partial charge in [-0.3, -0.25) is 0 Å². The van der Waals surface area contributed by atoms with Gasteiger partial charge in [0.1, 0.15) is 17.0 Å². The molecule has 0 saturated carbocycles. The summed E-state index contributed by atoms with van der Waals surface area (Å²) in [7, 11) is 0. The van der Waals surface area contributed by atoms with Crippen molar-refractivity contribution in [1.29, 1.82) is 0 Å². The van der Waals surface area contributed by atoms with Gasteiger partial charge in [-0.1, -0.05) is 22.9 Å². The van der Waals surface area contributed by atoms with Crippen molar-refractivity contribution >= 4 is 43.3 Å². The highest BCUT2D eigenvalue weighted by Gasteiger charge is 2.26. The minimum Gasteiger partial charge on any atom is -0.371 e. The van der Waals surface area contributed by atoms with E-state index in [0.717, 1.165) is 35.5 Å². The summed E-state index contributed by atoms with van der Waals surface area (Å²) in [6.45, 7) is 6.05. The molecule has 20 heavy (non-hydrogen) atoms. The summed E-state index contributed by atoms with van der Waals surface area (Å²) in [6, 6.07) is 2.23. The molecule has 3 rings (SSSR count). The molecule has 108 valence electrons. The predicted octanol–water partition coefficient (Wildman–Crippen LogP) is 3.24. The summed E-state index contributed by atoms with van der Waals surface area (Å²) >= 11 is 5.29. The first kappa shape index (κ1) is 14.2. The highest BCUT2D eigenvalue weighted by Crippen LogP contribution is 2.31. The minimum absolute atomic E-state index is 0.216. The number of aromatic nitrogens is 2. The Morgan fingerprint density at radius 2 is 2.30 bits per heavy atom. The Labute approximate surface area is 131 Å². The molecule has 4 nitrogen and oxygen atoms in total. The number of fused-ring (bicyclic) bond motifs is 1. The number of halogens is 1. The second-order valence-corrected chi connectivity index (χ2v) is 6.87. The van der Waals surface area contributed by atoms with Gasteiger partial charge in [-0.25, -0.2) is 9.97 Å². The predicted molar refractivity (Wildman–Crippen MR) is 87.1 cm³/mol. The van der Waals surface area contributed by atoms with Crippen LogP contribution in [0.4, 0.5) is 5.82 Å². The van der Waals surface area contributed by atoms with E-state index in [9.17, 15) is 0 Å². The molecule has 2 atom stereocenters. The Hall–Kier alpha value is -0.720. The third kappa shape index (κ3) is 2.69. The van der Waals surface area contributed by atoms with Gasteiger partial charge in [-0.15, -0.1) is 11.3 Å². The molecule has 1 aliphatic rings. The minimum atomic E-state index is 0.216. The van der Waals surface area contributed by atoms with Crippen LogP contribution in [0.5, 0.6) is 0 Å². The Balaban J connectivity index is 1.98. The summed E-state index contributed by atoms with van der Waals surface area (Å²) in [5, 5.41) is 2.03. The summed E-state index contributed by atoms with van der Waals surface area (Å²) < 4.78 is 5.90. The van der Waals surface area contributed by atoms with E-state index in [1.165, 1.54) is 10.3 Å². The quantitative estimate of drug-likeness (QED) is 0.792. The normalized spacial score (nSPS) is 23.4. The van der Waals surface area contributed by atoms with Crippen molar-refractivity contribution in [1.82, 2.24) is 9.97 Å². The fraction of sp³-hybridized carbons (Fsp3) is 0.571. The lowest BCUT2D eigenvalue weighted by atomic mass is 10.2. The molecule has 2 aromatic rings. The molecular weight excluding hydrogens is 338 g/mol. The van der Waals surface area contributed by atoms with Gasteiger partial charge in [0.25, 0.3) is 0 Å². The van der Waals surface area contributed by atoms with Crippen LogP contribution in [-0.2, 0) is 11.2 Å². The third-order valence-corrected chi connectivity index (χ3v) is 5.42. The van der Waals surface area contributed by atoms with Gasteiger partial charge in [0.2, 0.25) is 0 Å². The van der Waals surface area contributed by atoms with Crippen LogP contribution in [0.1, 0.15) is 18.7 Å². The van der Waals surface area contributed by atoms with Crippen LogP contribution in [0, 0.1) is 0 Å². The van der Waals surface area contributed by atoms with Crippen LogP contribution >= 0.6 is 27.3 Å². The second kappa shape index (κ2) is 5.95. The van der Waals surface area contributed by atoms with Crippen molar-refractivity contribution in [2.24, 2.45) is 0 Å². The molecule has 1 aliphatic heterocycles. The van der Waals surface area contributed by atoms with Gasteiger partial charge in [-0.2, -0.15) is 0 Å². The topological polar surface area (TPSA) is 38.2 Å². The van der Waals surface area contributed by atoms with E-state index in [-0.39, 0.29) is 12.2 Å². The zero-order valence-corrected chi connectivity index (χ0v) is 14.1. The van der Waals surface area contributed by atoms with Crippen molar-refractivity contribution in [3.8, 4) is 0 Å². The molecule has 0 amide bonds. The number of rotatable bonds is 3. The maximum atomic E-state index is 5.90. The fourth-order valence-electron chi connectivity index (χ4n) is 2.62. The van der Waals surface area contributed by atoms with Crippen molar-refractivity contribution in [2.75, 3.05) is 23.3 Å². The Kier molecular flexibility index (Phi) is 4.23. The second-order valence-electron chi connectivity index (χ2n) is 5.11. The molecule has 0 aromatic carbocycles. The summed E-state index contributed by atoms with van der Waals surface area (Å²) in [6.07, 6.45) is 3.16. The lowest BCUT2D eigenvalue weighted by Crippen LogP contribution is -2.47. The maximum Gasteiger partial charge on any atom is 0.140 e. The number of hydrogen-bond donors (Lipinski definition) is 0. The van der Waals surface area contributed by atoms with E-state index < -0.39 is 0 Å². The first-order valence-electron chi connectivity index (χ1n) is 6.91. The van der Waals surface area contributed by atoms with Gasteiger partial charge < -0.3 is 9.64 Å². The van der Waals surface area contributed by atoms with Crippen LogP contribution in [0.15, 0.2) is 12.4 Å².